The topological polar surface area (TPSA) is 41.6 Å². The Hall–Kier alpha value is -1.71. The summed E-state index contributed by atoms with van der Waals surface area (Å²) < 4.78 is 5.78. The Morgan fingerprint density at radius 2 is 2.26 bits per heavy atom. The molecule has 0 spiro atoms. The van der Waals surface area contributed by atoms with Gasteiger partial charge in [-0.15, -0.1) is 0 Å². The first-order valence-corrected chi connectivity index (χ1v) is 6.86. The maximum atomic E-state index is 12.3. The number of para-hydroxylation sites is 2. The van der Waals surface area contributed by atoms with Crippen LogP contribution in [0.5, 0.6) is 5.75 Å². The van der Waals surface area contributed by atoms with Gasteiger partial charge in [0.05, 0.1) is 12.2 Å². The van der Waals surface area contributed by atoms with Crippen LogP contribution in [0.3, 0.4) is 0 Å². The molecule has 2 rings (SSSR count). The summed E-state index contributed by atoms with van der Waals surface area (Å²) in [6.45, 7) is 5.59. The number of fused-ring (bicyclic) bond motifs is 1. The van der Waals surface area contributed by atoms with Gasteiger partial charge in [0.25, 0.3) is 5.91 Å². The molecule has 0 aromatic heterocycles. The normalized spacial score (nSPS) is 18.8. The molecular weight excluding hydrogens is 240 g/mol. The second-order valence-corrected chi connectivity index (χ2v) is 5.22. The van der Waals surface area contributed by atoms with Crippen molar-refractivity contribution >= 4 is 11.6 Å². The van der Waals surface area contributed by atoms with E-state index in [4.69, 9.17) is 4.74 Å². The molecule has 1 amide bonds. The molecule has 1 aliphatic rings. The second-order valence-electron chi connectivity index (χ2n) is 5.22. The van der Waals surface area contributed by atoms with Crippen LogP contribution in [-0.4, -0.2) is 37.0 Å². The van der Waals surface area contributed by atoms with Gasteiger partial charge in [-0.25, -0.2) is 0 Å². The smallest absolute Gasteiger partial charge is 0.265 e. The number of nitrogens with one attached hydrogen (secondary N) is 1. The predicted octanol–water partition coefficient (Wildman–Crippen LogP) is 2.36. The molecule has 0 saturated heterocycles. The minimum absolute atomic E-state index is 0.0438. The van der Waals surface area contributed by atoms with Gasteiger partial charge in [-0.1, -0.05) is 32.4 Å². The second kappa shape index (κ2) is 5.95. The van der Waals surface area contributed by atoms with Crippen molar-refractivity contribution in [2.24, 2.45) is 5.92 Å². The van der Waals surface area contributed by atoms with Gasteiger partial charge in [-0.2, -0.15) is 0 Å². The number of rotatable bonds is 4. The van der Waals surface area contributed by atoms with Crippen molar-refractivity contribution in [2.75, 3.05) is 25.5 Å². The van der Waals surface area contributed by atoms with Gasteiger partial charge in [-0.05, 0) is 18.1 Å². The minimum atomic E-state index is -0.427. The van der Waals surface area contributed by atoms with Crippen LogP contribution >= 0.6 is 0 Å². The monoisotopic (exact) mass is 262 g/mol. The third-order valence-corrected chi connectivity index (χ3v) is 3.57. The Morgan fingerprint density at radius 1 is 1.53 bits per heavy atom. The number of likely N-dealkylation sites (N-methyl/N-ethyl adjacent to an activating group) is 1. The molecule has 19 heavy (non-hydrogen) atoms. The van der Waals surface area contributed by atoms with Crippen molar-refractivity contribution in [2.45, 2.75) is 26.4 Å². The van der Waals surface area contributed by atoms with E-state index < -0.39 is 6.10 Å². The van der Waals surface area contributed by atoms with Crippen molar-refractivity contribution in [1.29, 1.82) is 0 Å². The first-order valence-electron chi connectivity index (χ1n) is 6.86. The van der Waals surface area contributed by atoms with Crippen LogP contribution in [0.2, 0.25) is 0 Å². The van der Waals surface area contributed by atoms with Gasteiger partial charge >= 0.3 is 0 Å². The number of benzene rings is 1. The van der Waals surface area contributed by atoms with Crippen molar-refractivity contribution in [3.05, 3.63) is 24.3 Å². The molecule has 0 bridgehead atoms. The van der Waals surface area contributed by atoms with Crippen LogP contribution in [0.25, 0.3) is 0 Å². The lowest BCUT2D eigenvalue weighted by atomic mass is 10.1. The molecule has 0 fully saturated rings. The van der Waals surface area contributed by atoms with Gasteiger partial charge in [0.2, 0.25) is 0 Å². The Balaban J connectivity index is 1.98. The van der Waals surface area contributed by atoms with Crippen LogP contribution in [0.4, 0.5) is 5.69 Å². The Labute approximate surface area is 114 Å². The Bertz CT molecular complexity index is 448. The predicted molar refractivity (Wildman–Crippen MR) is 76.4 cm³/mol. The first-order chi connectivity index (χ1) is 9.11. The number of carbonyl (C=O) groups excluding carboxylic acids is 1. The van der Waals surface area contributed by atoms with E-state index in [0.717, 1.165) is 24.4 Å². The van der Waals surface area contributed by atoms with Crippen molar-refractivity contribution in [1.82, 2.24) is 4.90 Å². The molecule has 1 heterocycles. The molecule has 0 radical (unpaired) electrons. The summed E-state index contributed by atoms with van der Waals surface area (Å²) in [4.78, 5) is 14.1. The molecule has 1 aliphatic heterocycles. The summed E-state index contributed by atoms with van der Waals surface area (Å²) in [5.74, 6) is 1.31. The quantitative estimate of drug-likeness (QED) is 0.905. The lowest BCUT2D eigenvalue weighted by Gasteiger charge is -2.30. The lowest BCUT2D eigenvalue weighted by Crippen LogP contribution is -2.46. The Kier molecular flexibility index (Phi) is 4.30. The molecule has 1 aromatic carbocycles. The van der Waals surface area contributed by atoms with Crippen molar-refractivity contribution in [3.63, 3.8) is 0 Å². The summed E-state index contributed by atoms with van der Waals surface area (Å²) >= 11 is 0. The molecule has 4 nitrogen and oxygen atoms in total. The van der Waals surface area contributed by atoms with E-state index in [1.54, 1.807) is 4.90 Å². The SMILES string of the molecule is CCC(C)CN(C)C(=O)C1CNc2ccccc2O1. The van der Waals surface area contributed by atoms with E-state index >= 15 is 0 Å². The van der Waals surface area contributed by atoms with Gasteiger partial charge in [-0.3, -0.25) is 4.79 Å². The summed E-state index contributed by atoms with van der Waals surface area (Å²) in [5, 5.41) is 3.24. The molecule has 1 N–H and O–H groups in total. The Morgan fingerprint density at radius 3 is 3.00 bits per heavy atom. The van der Waals surface area contributed by atoms with Crippen LogP contribution in [0.15, 0.2) is 24.3 Å². The average molecular weight is 262 g/mol. The highest BCUT2D eigenvalue weighted by Crippen LogP contribution is 2.28. The minimum Gasteiger partial charge on any atom is -0.477 e. The van der Waals surface area contributed by atoms with Crippen molar-refractivity contribution < 1.29 is 9.53 Å². The third-order valence-electron chi connectivity index (χ3n) is 3.57. The average Bonchev–Trinajstić information content (AvgIpc) is 2.45. The number of hydrogen-bond acceptors (Lipinski definition) is 3. The molecule has 2 atom stereocenters. The summed E-state index contributed by atoms with van der Waals surface area (Å²) in [6.07, 6.45) is 0.647. The number of amides is 1. The van der Waals surface area contributed by atoms with Crippen LogP contribution < -0.4 is 10.1 Å². The largest absolute Gasteiger partial charge is 0.477 e. The number of nitrogens with zero attached hydrogens (tertiary/aromatic N) is 1. The number of anilines is 1. The molecule has 0 aliphatic carbocycles. The van der Waals surface area contributed by atoms with Gasteiger partial charge in [0.1, 0.15) is 5.75 Å². The third kappa shape index (κ3) is 3.19. The summed E-state index contributed by atoms with van der Waals surface area (Å²) in [6, 6.07) is 7.71. The van der Waals surface area contributed by atoms with Crippen LogP contribution in [-0.2, 0) is 4.79 Å². The fourth-order valence-electron chi connectivity index (χ4n) is 2.18. The fourth-order valence-corrected chi connectivity index (χ4v) is 2.18. The maximum Gasteiger partial charge on any atom is 0.265 e. The highest BCUT2D eigenvalue weighted by atomic mass is 16.5. The first kappa shape index (κ1) is 13.7. The zero-order valence-electron chi connectivity index (χ0n) is 11.8. The summed E-state index contributed by atoms with van der Waals surface area (Å²) in [5.41, 5.74) is 0.955. The highest BCUT2D eigenvalue weighted by molar-refractivity contribution is 5.83. The van der Waals surface area contributed by atoms with Crippen molar-refractivity contribution in [3.8, 4) is 5.75 Å². The number of hydrogen-bond donors (Lipinski definition) is 1. The molecule has 104 valence electrons. The van der Waals surface area contributed by atoms with E-state index in [-0.39, 0.29) is 5.91 Å². The van der Waals surface area contributed by atoms with Gasteiger partial charge in [0.15, 0.2) is 6.10 Å². The molecule has 2 unspecified atom stereocenters. The van der Waals surface area contributed by atoms with Gasteiger partial charge < -0.3 is 15.0 Å². The van der Waals surface area contributed by atoms with E-state index in [2.05, 4.69) is 19.2 Å². The zero-order chi connectivity index (χ0) is 13.8. The maximum absolute atomic E-state index is 12.3. The van der Waals surface area contributed by atoms with Gasteiger partial charge in [0, 0.05) is 13.6 Å². The summed E-state index contributed by atoms with van der Waals surface area (Å²) in [7, 11) is 1.85. The highest BCUT2D eigenvalue weighted by Gasteiger charge is 2.28. The van der Waals surface area contributed by atoms with E-state index in [9.17, 15) is 4.79 Å². The van der Waals surface area contributed by atoms with E-state index in [0.29, 0.717) is 12.5 Å². The van der Waals surface area contributed by atoms with Crippen LogP contribution in [0.1, 0.15) is 20.3 Å². The molecule has 0 saturated carbocycles. The number of ether oxygens (including phenoxy) is 1. The molecule has 1 aromatic rings. The lowest BCUT2D eigenvalue weighted by molar-refractivity contribution is -0.137. The fraction of sp³-hybridized carbons (Fsp3) is 0.533. The molecular formula is C15H22N2O2. The zero-order valence-corrected chi connectivity index (χ0v) is 11.8. The van der Waals surface area contributed by atoms with Crippen LogP contribution in [0, 0.1) is 5.92 Å². The van der Waals surface area contributed by atoms with E-state index in [1.807, 2.05) is 31.3 Å². The number of carbonyl (C=O) groups is 1. The van der Waals surface area contributed by atoms with E-state index in [1.165, 1.54) is 0 Å². The standard InChI is InChI=1S/C15H22N2O2/c1-4-11(2)10-17(3)15(18)14-9-16-12-7-5-6-8-13(12)19-14/h5-8,11,14,16H,4,9-10H2,1-3H3. The molecule has 4 heteroatoms.